The summed E-state index contributed by atoms with van der Waals surface area (Å²) in [6, 6.07) is 0.136. The third kappa shape index (κ3) is 3.64. The molecule has 0 aliphatic carbocycles. The van der Waals surface area contributed by atoms with Crippen LogP contribution >= 0.6 is 11.3 Å². The van der Waals surface area contributed by atoms with Gasteiger partial charge in [0.25, 0.3) is 0 Å². The summed E-state index contributed by atoms with van der Waals surface area (Å²) in [5.74, 6) is 1.55. The zero-order valence-electron chi connectivity index (χ0n) is 11.5. The fourth-order valence-corrected chi connectivity index (χ4v) is 2.53. The molecule has 0 aromatic carbocycles. The number of thiazole rings is 1. The number of nitrogens with one attached hydrogen (secondary N) is 2. The molecule has 0 aliphatic rings. The third-order valence-corrected chi connectivity index (χ3v) is 3.97. The Kier molecular flexibility index (Phi) is 4.68. The summed E-state index contributed by atoms with van der Waals surface area (Å²) in [4.78, 5) is 14.3. The lowest BCUT2D eigenvalue weighted by atomic mass is 10.3. The fraction of sp³-hybridized carbons (Fsp3) is 0.462. The molecular formula is C13H19N5S. The van der Waals surface area contributed by atoms with E-state index in [-0.39, 0.29) is 6.04 Å². The first-order chi connectivity index (χ1) is 9.22. The Hall–Kier alpha value is -1.69. The van der Waals surface area contributed by atoms with Gasteiger partial charge in [0.15, 0.2) is 0 Å². The van der Waals surface area contributed by atoms with Gasteiger partial charge in [0.2, 0.25) is 0 Å². The Labute approximate surface area is 117 Å². The van der Waals surface area contributed by atoms with Crippen LogP contribution in [0, 0.1) is 0 Å². The van der Waals surface area contributed by atoms with E-state index in [4.69, 9.17) is 0 Å². The Balaban J connectivity index is 2.05. The minimum Gasteiger partial charge on any atom is -0.369 e. The van der Waals surface area contributed by atoms with Crippen LogP contribution in [0.4, 0.5) is 11.6 Å². The number of hydrogen-bond acceptors (Lipinski definition) is 6. The van der Waals surface area contributed by atoms with Crippen molar-refractivity contribution in [1.82, 2.24) is 15.0 Å². The summed E-state index contributed by atoms with van der Waals surface area (Å²) in [7, 11) is 0. The van der Waals surface area contributed by atoms with E-state index in [0.717, 1.165) is 29.6 Å². The molecule has 0 saturated carbocycles. The van der Waals surface area contributed by atoms with Crippen molar-refractivity contribution in [1.29, 1.82) is 0 Å². The van der Waals surface area contributed by atoms with E-state index < -0.39 is 0 Å². The number of aromatic nitrogens is 3. The van der Waals surface area contributed by atoms with Crippen molar-refractivity contribution in [3.63, 3.8) is 0 Å². The van der Waals surface area contributed by atoms with Crippen LogP contribution in [0.1, 0.15) is 36.7 Å². The Bertz CT molecular complexity index is 525. The topological polar surface area (TPSA) is 62.7 Å². The Morgan fingerprint density at radius 3 is 2.68 bits per heavy atom. The smallest absolute Gasteiger partial charge is 0.147 e. The molecule has 2 N–H and O–H groups in total. The molecular weight excluding hydrogens is 258 g/mol. The third-order valence-electron chi connectivity index (χ3n) is 2.65. The summed E-state index contributed by atoms with van der Waals surface area (Å²) < 4.78 is 0. The van der Waals surface area contributed by atoms with Gasteiger partial charge in [-0.1, -0.05) is 6.92 Å². The van der Waals surface area contributed by atoms with Gasteiger partial charge in [-0.2, -0.15) is 0 Å². The average molecular weight is 277 g/mol. The molecule has 0 radical (unpaired) electrons. The summed E-state index contributed by atoms with van der Waals surface area (Å²) in [6.07, 6.45) is 6.42. The van der Waals surface area contributed by atoms with E-state index >= 15 is 0 Å². The van der Waals surface area contributed by atoms with Crippen LogP contribution < -0.4 is 10.6 Å². The highest BCUT2D eigenvalue weighted by Gasteiger charge is 2.11. The first kappa shape index (κ1) is 13.7. The van der Waals surface area contributed by atoms with Crippen molar-refractivity contribution >= 4 is 23.0 Å². The number of rotatable bonds is 6. The van der Waals surface area contributed by atoms with Gasteiger partial charge < -0.3 is 10.6 Å². The fourth-order valence-electron chi connectivity index (χ4n) is 1.67. The molecule has 2 aromatic rings. The van der Waals surface area contributed by atoms with Gasteiger partial charge in [0.05, 0.1) is 18.4 Å². The lowest BCUT2D eigenvalue weighted by Crippen LogP contribution is -2.09. The number of hydrogen-bond donors (Lipinski definition) is 2. The van der Waals surface area contributed by atoms with E-state index in [2.05, 4.69) is 39.4 Å². The van der Waals surface area contributed by atoms with Gasteiger partial charge in [-0.15, -0.1) is 11.3 Å². The molecule has 5 nitrogen and oxygen atoms in total. The molecule has 0 aliphatic heterocycles. The molecule has 102 valence electrons. The minimum atomic E-state index is 0.136. The lowest BCUT2D eigenvalue weighted by molar-refractivity contribution is 0.857. The predicted octanol–water partition coefficient (Wildman–Crippen LogP) is 3.10. The second-order valence-electron chi connectivity index (χ2n) is 4.20. The summed E-state index contributed by atoms with van der Waals surface area (Å²) in [5.41, 5.74) is 0. The van der Waals surface area contributed by atoms with Gasteiger partial charge in [0.1, 0.15) is 16.6 Å². The molecule has 1 atom stereocenters. The van der Waals surface area contributed by atoms with E-state index in [1.807, 2.05) is 13.1 Å². The lowest BCUT2D eigenvalue weighted by Gasteiger charge is -2.12. The molecule has 0 amide bonds. The maximum absolute atomic E-state index is 4.45. The highest BCUT2D eigenvalue weighted by molar-refractivity contribution is 7.11. The van der Waals surface area contributed by atoms with Gasteiger partial charge in [0, 0.05) is 17.6 Å². The summed E-state index contributed by atoms with van der Waals surface area (Å²) in [5, 5.41) is 7.55. The number of anilines is 2. The zero-order chi connectivity index (χ0) is 13.7. The average Bonchev–Trinajstić information content (AvgIpc) is 2.88. The quantitative estimate of drug-likeness (QED) is 0.849. The van der Waals surface area contributed by atoms with Crippen LogP contribution in [0.5, 0.6) is 0 Å². The van der Waals surface area contributed by atoms with E-state index in [0.29, 0.717) is 0 Å². The van der Waals surface area contributed by atoms with Crippen LogP contribution in [-0.4, -0.2) is 21.5 Å². The zero-order valence-corrected chi connectivity index (χ0v) is 12.3. The van der Waals surface area contributed by atoms with Crippen molar-refractivity contribution in [2.75, 3.05) is 17.2 Å². The molecule has 0 spiro atoms. The maximum atomic E-state index is 4.45. The van der Waals surface area contributed by atoms with Gasteiger partial charge in [-0.3, -0.25) is 4.98 Å². The maximum Gasteiger partial charge on any atom is 0.147 e. The molecule has 6 heteroatoms. The molecule has 2 heterocycles. The standard InChI is InChI=1S/C13H19N5S/c1-4-10-6-16-13(19-10)9(3)17-12-8-14-7-11(18-12)15-5-2/h6-9H,4-5H2,1-3H3,(H2,15,17,18). The van der Waals surface area contributed by atoms with Gasteiger partial charge >= 0.3 is 0 Å². The van der Waals surface area contributed by atoms with E-state index in [9.17, 15) is 0 Å². The summed E-state index contributed by atoms with van der Waals surface area (Å²) in [6.45, 7) is 7.09. The molecule has 19 heavy (non-hydrogen) atoms. The monoisotopic (exact) mass is 277 g/mol. The SMILES string of the molecule is CCNc1cncc(NC(C)c2ncc(CC)s2)n1. The molecule has 0 bridgehead atoms. The number of aryl methyl sites for hydroxylation is 1. The van der Waals surface area contributed by atoms with Crippen LogP contribution in [0.2, 0.25) is 0 Å². The normalized spacial score (nSPS) is 12.2. The first-order valence-corrected chi connectivity index (χ1v) is 7.31. The van der Waals surface area contributed by atoms with E-state index in [1.54, 1.807) is 23.7 Å². The minimum absolute atomic E-state index is 0.136. The van der Waals surface area contributed by atoms with Crippen molar-refractivity contribution in [3.8, 4) is 0 Å². The van der Waals surface area contributed by atoms with Crippen LogP contribution in [0.15, 0.2) is 18.6 Å². The van der Waals surface area contributed by atoms with Crippen molar-refractivity contribution < 1.29 is 0 Å². The predicted molar refractivity (Wildman–Crippen MR) is 79.7 cm³/mol. The van der Waals surface area contributed by atoms with Gasteiger partial charge in [-0.25, -0.2) is 9.97 Å². The largest absolute Gasteiger partial charge is 0.369 e. The second-order valence-corrected chi connectivity index (χ2v) is 5.35. The van der Waals surface area contributed by atoms with E-state index in [1.165, 1.54) is 4.88 Å². The molecule has 0 saturated heterocycles. The molecule has 2 rings (SSSR count). The molecule has 0 fully saturated rings. The Morgan fingerprint density at radius 2 is 2.00 bits per heavy atom. The summed E-state index contributed by atoms with van der Waals surface area (Å²) >= 11 is 1.74. The first-order valence-electron chi connectivity index (χ1n) is 6.50. The molecule has 2 aromatic heterocycles. The van der Waals surface area contributed by atoms with Crippen molar-refractivity contribution in [2.24, 2.45) is 0 Å². The number of nitrogens with zero attached hydrogens (tertiary/aromatic N) is 3. The van der Waals surface area contributed by atoms with Crippen LogP contribution in [0.3, 0.4) is 0 Å². The van der Waals surface area contributed by atoms with Crippen LogP contribution in [0.25, 0.3) is 0 Å². The molecule has 1 unspecified atom stereocenters. The van der Waals surface area contributed by atoms with Crippen molar-refractivity contribution in [2.45, 2.75) is 33.2 Å². The van der Waals surface area contributed by atoms with Crippen LogP contribution in [-0.2, 0) is 6.42 Å². The highest BCUT2D eigenvalue weighted by atomic mass is 32.1. The van der Waals surface area contributed by atoms with Crippen molar-refractivity contribution in [3.05, 3.63) is 28.5 Å². The Morgan fingerprint density at radius 1 is 1.21 bits per heavy atom. The van der Waals surface area contributed by atoms with Gasteiger partial charge in [-0.05, 0) is 20.3 Å². The second kappa shape index (κ2) is 6.47. The highest BCUT2D eigenvalue weighted by Crippen LogP contribution is 2.23.